The zero-order valence-electron chi connectivity index (χ0n) is 18.0. The highest BCUT2D eigenvalue weighted by atomic mass is 32.2. The Morgan fingerprint density at radius 1 is 1.09 bits per heavy atom. The van der Waals surface area contributed by atoms with Crippen molar-refractivity contribution >= 4 is 44.3 Å². The minimum atomic E-state index is -3.90. The van der Waals surface area contributed by atoms with E-state index in [9.17, 15) is 18.0 Å². The Labute approximate surface area is 199 Å². The van der Waals surface area contributed by atoms with E-state index in [4.69, 9.17) is 9.88 Å². The van der Waals surface area contributed by atoms with Crippen LogP contribution in [0.25, 0.3) is 16.6 Å². The summed E-state index contributed by atoms with van der Waals surface area (Å²) in [7, 11) is -2.37. The topological polar surface area (TPSA) is 133 Å². The van der Waals surface area contributed by atoms with Crippen LogP contribution in [-0.2, 0) is 14.8 Å². The lowest BCUT2D eigenvalue weighted by Gasteiger charge is -2.14. The molecule has 11 heteroatoms. The number of anilines is 1. The molecule has 0 fully saturated rings. The molecular formula is C23H20N4O5S2. The smallest absolute Gasteiger partial charge is 0.266 e. The van der Waals surface area contributed by atoms with Crippen LogP contribution in [-0.4, -0.2) is 36.7 Å². The Bertz CT molecular complexity index is 1550. The number of hydrogen-bond donors (Lipinski definition) is 2. The fraction of sp³-hybridized carbons (Fsp3) is 0.0870. The van der Waals surface area contributed by atoms with Crippen LogP contribution >= 0.6 is 11.8 Å². The summed E-state index contributed by atoms with van der Waals surface area (Å²) in [4.78, 5) is 30.4. The van der Waals surface area contributed by atoms with Crippen molar-refractivity contribution in [2.75, 3.05) is 18.2 Å². The highest BCUT2D eigenvalue weighted by molar-refractivity contribution is 7.99. The predicted molar refractivity (Wildman–Crippen MR) is 131 cm³/mol. The highest BCUT2D eigenvalue weighted by Crippen LogP contribution is 2.24. The summed E-state index contributed by atoms with van der Waals surface area (Å²) in [5.74, 6) is 0.0890. The van der Waals surface area contributed by atoms with Gasteiger partial charge in [-0.15, -0.1) is 0 Å². The summed E-state index contributed by atoms with van der Waals surface area (Å²) < 4.78 is 29.8. The molecule has 0 bridgehead atoms. The third-order valence-corrected chi connectivity index (χ3v) is 6.68. The molecule has 4 rings (SSSR count). The number of nitrogens with two attached hydrogens (primary N) is 1. The third kappa shape index (κ3) is 5.11. The molecule has 174 valence electrons. The lowest BCUT2D eigenvalue weighted by atomic mass is 10.2. The summed E-state index contributed by atoms with van der Waals surface area (Å²) in [6.07, 6.45) is 0. The minimum Gasteiger partial charge on any atom is -0.497 e. The van der Waals surface area contributed by atoms with Gasteiger partial charge in [-0.3, -0.25) is 14.2 Å². The Morgan fingerprint density at radius 3 is 2.62 bits per heavy atom. The van der Waals surface area contributed by atoms with Crippen molar-refractivity contribution in [3.63, 3.8) is 0 Å². The number of methoxy groups -OCH3 is 1. The van der Waals surface area contributed by atoms with Gasteiger partial charge in [-0.2, -0.15) is 0 Å². The van der Waals surface area contributed by atoms with Gasteiger partial charge in [-0.25, -0.2) is 18.5 Å². The molecular weight excluding hydrogens is 476 g/mol. The minimum absolute atomic E-state index is 0.0750. The van der Waals surface area contributed by atoms with Gasteiger partial charge in [0.25, 0.3) is 5.56 Å². The molecule has 9 nitrogen and oxygen atoms in total. The van der Waals surface area contributed by atoms with Crippen LogP contribution in [0.2, 0.25) is 0 Å². The summed E-state index contributed by atoms with van der Waals surface area (Å²) in [6, 6.07) is 19.6. The van der Waals surface area contributed by atoms with Crippen molar-refractivity contribution in [3.8, 4) is 11.4 Å². The number of carbonyl (C=O) groups excluding carboxylic acids is 1. The third-order valence-electron chi connectivity index (χ3n) is 4.84. The molecule has 1 amide bonds. The van der Waals surface area contributed by atoms with Crippen LogP contribution in [0.5, 0.6) is 5.75 Å². The first kappa shape index (κ1) is 23.5. The summed E-state index contributed by atoms with van der Waals surface area (Å²) >= 11 is 1.08. The molecule has 3 aromatic carbocycles. The Kier molecular flexibility index (Phi) is 6.68. The number of hydrogen-bond acceptors (Lipinski definition) is 7. The van der Waals surface area contributed by atoms with Gasteiger partial charge >= 0.3 is 0 Å². The van der Waals surface area contributed by atoms with E-state index in [0.29, 0.717) is 27.5 Å². The second-order valence-corrected chi connectivity index (χ2v) is 9.67. The molecule has 1 aromatic heterocycles. The van der Waals surface area contributed by atoms with Crippen molar-refractivity contribution in [2.45, 2.75) is 10.1 Å². The zero-order chi connectivity index (χ0) is 24.3. The Hall–Kier alpha value is -3.67. The van der Waals surface area contributed by atoms with Gasteiger partial charge in [0.15, 0.2) is 5.16 Å². The largest absolute Gasteiger partial charge is 0.497 e. The first-order valence-electron chi connectivity index (χ1n) is 9.98. The van der Waals surface area contributed by atoms with Crippen molar-refractivity contribution in [1.82, 2.24) is 9.55 Å². The van der Waals surface area contributed by atoms with Crippen LogP contribution in [0.1, 0.15) is 0 Å². The maximum Gasteiger partial charge on any atom is 0.266 e. The number of fused-ring (bicyclic) bond motifs is 1. The number of carbonyl (C=O) groups is 1. The molecule has 0 aliphatic carbocycles. The number of sulfonamides is 1. The molecule has 4 aromatic rings. The van der Waals surface area contributed by atoms with Gasteiger partial charge in [-0.05, 0) is 42.5 Å². The van der Waals surface area contributed by atoms with Crippen molar-refractivity contribution in [3.05, 3.63) is 83.2 Å². The molecule has 0 unspecified atom stereocenters. The van der Waals surface area contributed by atoms with Crippen molar-refractivity contribution in [2.24, 2.45) is 5.14 Å². The second-order valence-electron chi connectivity index (χ2n) is 7.16. The predicted octanol–water partition coefficient (Wildman–Crippen LogP) is 2.77. The molecule has 0 saturated heterocycles. The van der Waals surface area contributed by atoms with Gasteiger partial charge < -0.3 is 10.1 Å². The second kappa shape index (κ2) is 9.67. The van der Waals surface area contributed by atoms with Crippen LogP contribution in [0.4, 0.5) is 5.69 Å². The number of thioether (sulfide) groups is 1. The van der Waals surface area contributed by atoms with E-state index in [1.54, 1.807) is 54.6 Å². The molecule has 0 aliphatic rings. The van der Waals surface area contributed by atoms with E-state index in [1.807, 2.05) is 0 Å². The average Bonchev–Trinajstić information content (AvgIpc) is 2.82. The number of rotatable bonds is 7. The lowest BCUT2D eigenvalue weighted by Crippen LogP contribution is -2.23. The summed E-state index contributed by atoms with van der Waals surface area (Å²) in [5, 5.41) is 8.56. The number of benzene rings is 3. The lowest BCUT2D eigenvalue weighted by molar-refractivity contribution is -0.113. The normalized spacial score (nSPS) is 11.4. The standard InChI is InChI=1S/C23H20N4O5S2/c1-32-17-8-5-7-16(13-17)27-22(29)19-10-2-3-11-20(19)26-23(27)33-14-21(28)25-15-6-4-9-18(12-15)34(24,30)31/h2-13H,14H2,1H3,(H,25,28)(H2,24,30,31). The van der Waals surface area contributed by atoms with E-state index in [0.717, 1.165) is 11.8 Å². The van der Waals surface area contributed by atoms with Gasteiger partial charge in [-0.1, -0.05) is 36.0 Å². The maximum atomic E-state index is 13.3. The first-order valence-corrected chi connectivity index (χ1v) is 12.5. The Balaban J connectivity index is 1.65. The fourth-order valence-corrected chi connectivity index (χ4v) is 4.64. The van der Waals surface area contributed by atoms with Gasteiger partial charge in [0.1, 0.15) is 5.75 Å². The van der Waals surface area contributed by atoms with E-state index < -0.39 is 15.9 Å². The SMILES string of the molecule is COc1cccc(-n2c(SCC(=O)Nc3cccc(S(N)(=O)=O)c3)nc3ccccc3c2=O)c1. The monoisotopic (exact) mass is 496 g/mol. The fourth-order valence-electron chi connectivity index (χ4n) is 3.26. The van der Waals surface area contributed by atoms with Crippen molar-refractivity contribution < 1.29 is 17.9 Å². The van der Waals surface area contributed by atoms with Crippen LogP contribution in [0.3, 0.4) is 0 Å². The maximum absolute atomic E-state index is 13.3. The number of nitrogens with zero attached hydrogens (tertiary/aromatic N) is 2. The van der Waals surface area contributed by atoms with E-state index >= 15 is 0 Å². The molecule has 1 heterocycles. The van der Waals surface area contributed by atoms with Gasteiger partial charge in [0, 0.05) is 11.8 Å². The molecule has 0 atom stereocenters. The number of ether oxygens (including phenoxy) is 1. The quantitative estimate of drug-likeness (QED) is 0.297. The van der Waals surface area contributed by atoms with Crippen LogP contribution in [0.15, 0.2) is 87.6 Å². The molecule has 3 N–H and O–H groups in total. The average molecular weight is 497 g/mol. The molecule has 0 saturated carbocycles. The molecule has 0 aliphatic heterocycles. The zero-order valence-corrected chi connectivity index (χ0v) is 19.6. The van der Waals surface area contributed by atoms with Crippen LogP contribution < -0.4 is 20.8 Å². The van der Waals surface area contributed by atoms with Crippen LogP contribution in [0, 0.1) is 0 Å². The molecule has 0 radical (unpaired) electrons. The highest BCUT2D eigenvalue weighted by Gasteiger charge is 2.16. The van der Waals surface area contributed by atoms with E-state index in [1.165, 1.54) is 29.9 Å². The first-order chi connectivity index (χ1) is 16.3. The van der Waals surface area contributed by atoms with Gasteiger partial charge in [0.05, 0.1) is 34.3 Å². The Morgan fingerprint density at radius 2 is 1.85 bits per heavy atom. The number of aromatic nitrogens is 2. The summed E-state index contributed by atoms with van der Waals surface area (Å²) in [6.45, 7) is 0. The molecule has 0 spiro atoms. The molecule has 34 heavy (non-hydrogen) atoms. The van der Waals surface area contributed by atoms with Crippen molar-refractivity contribution in [1.29, 1.82) is 0 Å². The van der Waals surface area contributed by atoms with Gasteiger partial charge in [0.2, 0.25) is 15.9 Å². The van der Waals surface area contributed by atoms with E-state index in [-0.39, 0.29) is 21.9 Å². The number of amides is 1. The number of para-hydroxylation sites is 1. The summed E-state index contributed by atoms with van der Waals surface area (Å²) in [5.41, 5.74) is 1.07. The number of nitrogens with one attached hydrogen (secondary N) is 1. The number of primary sulfonamides is 1. The van der Waals surface area contributed by atoms with E-state index in [2.05, 4.69) is 10.3 Å².